The van der Waals surface area contributed by atoms with E-state index in [0.29, 0.717) is 12.8 Å². The maximum Gasteiger partial charge on any atom is 0.305 e. The van der Waals surface area contributed by atoms with E-state index in [0.717, 1.165) is 25.3 Å². The number of carbonyl (C=O) groups is 1. The molecule has 5 nitrogen and oxygen atoms in total. The highest BCUT2D eigenvalue weighted by atomic mass is 35.5. The smallest absolute Gasteiger partial charge is 0.305 e. The molecular formula is C19H24Cl2F2O5. The first-order chi connectivity index (χ1) is 13.1. The van der Waals surface area contributed by atoms with Gasteiger partial charge in [0.1, 0.15) is 12.4 Å². The average Bonchev–Trinajstić information content (AvgIpc) is 2.60. The highest BCUT2D eigenvalue weighted by Crippen LogP contribution is 2.49. The Hall–Kier alpha value is -1.15. The van der Waals surface area contributed by atoms with Crippen molar-refractivity contribution in [1.29, 1.82) is 0 Å². The van der Waals surface area contributed by atoms with Crippen LogP contribution in [0.1, 0.15) is 50.5 Å². The van der Waals surface area contributed by atoms with Gasteiger partial charge in [-0.3, -0.25) is 4.79 Å². The number of carboxylic acid groups (broad SMARTS) is 1. The number of benzene rings is 1. The minimum absolute atomic E-state index is 0.0558. The summed E-state index contributed by atoms with van der Waals surface area (Å²) in [7, 11) is 0. The lowest BCUT2D eigenvalue weighted by molar-refractivity contribution is -0.139. The molecule has 0 radical (unpaired) electrons. The van der Waals surface area contributed by atoms with Crippen molar-refractivity contribution in [3.8, 4) is 5.75 Å². The number of ether oxygens (including phenoxy) is 1. The van der Waals surface area contributed by atoms with Gasteiger partial charge in [-0.2, -0.15) is 0 Å². The summed E-state index contributed by atoms with van der Waals surface area (Å²) in [5.41, 5.74) is -0.421. The van der Waals surface area contributed by atoms with E-state index < -0.39 is 48.6 Å². The van der Waals surface area contributed by atoms with Gasteiger partial charge in [-0.05, 0) is 25.0 Å². The molecule has 9 heteroatoms. The van der Waals surface area contributed by atoms with Crippen LogP contribution in [-0.2, 0) is 10.7 Å². The van der Waals surface area contributed by atoms with Gasteiger partial charge in [0.2, 0.25) is 0 Å². The van der Waals surface area contributed by atoms with Crippen LogP contribution in [0.25, 0.3) is 0 Å². The molecule has 3 N–H and O–H groups in total. The normalized spacial score (nSPS) is 17.9. The average molecular weight is 441 g/mol. The number of aliphatic hydroxyl groups is 2. The highest BCUT2D eigenvalue weighted by molar-refractivity contribution is 6.35. The Labute approximate surface area is 172 Å². The summed E-state index contributed by atoms with van der Waals surface area (Å²) in [6.07, 6.45) is -0.179. The molecule has 0 unspecified atom stereocenters. The van der Waals surface area contributed by atoms with Crippen LogP contribution in [0.5, 0.6) is 5.75 Å². The molecule has 1 aliphatic rings. The van der Waals surface area contributed by atoms with Gasteiger partial charge in [0.05, 0.1) is 29.2 Å². The van der Waals surface area contributed by atoms with Crippen LogP contribution in [0.3, 0.4) is 0 Å². The van der Waals surface area contributed by atoms with Gasteiger partial charge < -0.3 is 20.1 Å². The number of aliphatic hydroxyl groups excluding tert-OH is 2. The van der Waals surface area contributed by atoms with Gasteiger partial charge in [-0.15, -0.1) is 0 Å². The zero-order valence-electron chi connectivity index (χ0n) is 15.2. The van der Waals surface area contributed by atoms with Gasteiger partial charge in [0.15, 0.2) is 0 Å². The second-order valence-electron chi connectivity index (χ2n) is 7.17. The monoisotopic (exact) mass is 440 g/mol. The van der Waals surface area contributed by atoms with E-state index in [4.69, 9.17) is 33.0 Å². The number of hydrogen-bond acceptors (Lipinski definition) is 4. The molecule has 1 aromatic carbocycles. The Balaban J connectivity index is 2.16. The fraction of sp³-hybridized carbons (Fsp3) is 0.632. The standard InChI is InChI=1S/C19H24Cl2F2O5/c20-12-6-15(19(22,23)11-4-2-1-3-5-11)18(16(21)7-12)28-10-14(25)8-13(24)9-17(26)27/h6-7,11,13-14,24-25H,1-5,8-10H2,(H,26,27)/t13-,14+/m1/s1. The fourth-order valence-electron chi connectivity index (χ4n) is 3.49. The summed E-state index contributed by atoms with van der Waals surface area (Å²) in [5.74, 6) is -5.51. The van der Waals surface area contributed by atoms with Crippen LogP contribution in [0, 0.1) is 5.92 Å². The lowest BCUT2D eigenvalue weighted by Crippen LogP contribution is -2.30. The first-order valence-electron chi connectivity index (χ1n) is 9.19. The summed E-state index contributed by atoms with van der Waals surface area (Å²) < 4.78 is 35.7. The number of rotatable bonds is 9. The van der Waals surface area contributed by atoms with Crippen LogP contribution < -0.4 is 4.74 Å². The Morgan fingerprint density at radius 3 is 2.43 bits per heavy atom. The van der Waals surface area contributed by atoms with Crippen molar-refractivity contribution in [2.45, 2.75) is 63.1 Å². The second kappa shape index (κ2) is 10.1. The fourth-order valence-corrected chi connectivity index (χ4v) is 4.03. The summed E-state index contributed by atoms with van der Waals surface area (Å²) in [6, 6.07) is 2.41. The molecule has 0 bridgehead atoms. The zero-order chi connectivity index (χ0) is 20.9. The van der Waals surface area contributed by atoms with Crippen molar-refractivity contribution in [2.75, 3.05) is 6.61 Å². The molecule has 0 aliphatic heterocycles. The molecule has 2 rings (SSSR count). The summed E-state index contributed by atoms with van der Waals surface area (Å²) in [4.78, 5) is 10.6. The Morgan fingerprint density at radius 1 is 1.18 bits per heavy atom. The van der Waals surface area contributed by atoms with Crippen molar-refractivity contribution < 1.29 is 33.6 Å². The summed E-state index contributed by atoms with van der Waals surface area (Å²) in [6.45, 7) is -0.425. The molecule has 2 atom stereocenters. The van der Waals surface area contributed by atoms with Gasteiger partial charge >= 0.3 is 5.97 Å². The van der Waals surface area contributed by atoms with Crippen LogP contribution in [0.4, 0.5) is 8.78 Å². The third kappa shape index (κ3) is 6.17. The molecule has 28 heavy (non-hydrogen) atoms. The van der Waals surface area contributed by atoms with Crippen molar-refractivity contribution in [2.24, 2.45) is 5.92 Å². The Bertz CT molecular complexity index is 681. The molecule has 1 aliphatic carbocycles. The predicted molar refractivity (Wildman–Crippen MR) is 101 cm³/mol. The number of halogens is 4. The molecule has 1 aromatic rings. The van der Waals surface area contributed by atoms with E-state index in [9.17, 15) is 15.0 Å². The van der Waals surface area contributed by atoms with Crippen molar-refractivity contribution in [3.05, 3.63) is 27.7 Å². The lowest BCUT2D eigenvalue weighted by atomic mass is 9.81. The quantitative estimate of drug-likeness (QED) is 0.520. The van der Waals surface area contributed by atoms with Crippen molar-refractivity contribution in [3.63, 3.8) is 0 Å². The number of carboxylic acids is 1. The van der Waals surface area contributed by atoms with Crippen LogP contribution in [-0.4, -0.2) is 40.1 Å². The molecule has 0 heterocycles. The van der Waals surface area contributed by atoms with Crippen LogP contribution in [0.2, 0.25) is 10.0 Å². The van der Waals surface area contributed by atoms with Gasteiger partial charge in [-0.25, -0.2) is 8.78 Å². The van der Waals surface area contributed by atoms with E-state index in [2.05, 4.69) is 0 Å². The van der Waals surface area contributed by atoms with Gasteiger partial charge in [-0.1, -0.05) is 42.5 Å². The summed E-state index contributed by atoms with van der Waals surface area (Å²) >= 11 is 12.0. The van der Waals surface area contributed by atoms with E-state index in [1.165, 1.54) is 6.07 Å². The third-order valence-electron chi connectivity index (χ3n) is 4.86. The molecule has 1 fully saturated rings. The molecule has 158 valence electrons. The molecule has 0 spiro atoms. The first-order valence-corrected chi connectivity index (χ1v) is 9.95. The number of aliphatic carboxylic acids is 1. The SMILES string of the molecule is O=C(O)C[C@H](O)C[C@H](O)COc1c(Cl)cc(Cl)cc1C(F)(F)C1CCCCC1. The zero-order valence-corrected chi connectivity index (χ0v) is 16.7. The van der Waals surface area contributed by atoms with Crippen LogP contribution >= 0.6 is 23.2 Å². The highest BCUT2D eigenvalue weighted by Gasteiger charge is 2.44. The van der Waals surface area contributed by atoms with Crippen LogP contribution in [0.15, 0.2) is 12.1 Å². The topological polar surface area (TPSA) is 87.0 Å². The van der Waals surface area contributed by atoms with Gasteiger partial charge in [0, 0.05) is 17.4 Å². The minimum atomic E-state index is -3.20. The van der Waals surface area contributed by atoms with Crippen molar-refractivity contribution in [1.82, 2.24) is 0 Å². The number of hydrogen-bond donors (Lipinski definition) is 3. The first kappa shape index (κ1) is 23.1. The predicted octanol–water partition coefficient (Wildman–Crippen LogP) is 4.63. The molecule has 0 aromatic heterocycles. The third-order valence-corrected chi connectivity index (χ3v) is 5.36. The number of alkyl halides is 2. The van der Waals surface area contributed by atoms with E-state index in [1.807, 2.05) is 0 Å². The van der Waals surface area contributed by atoms with Crippen molar-refractivity contribution >= 4 is 29.2 Å². The van der Waals surface area contributed by atoms with E-state index >= 15 is 8.78 Å². The Morgan fingerprint density at radius 2 is 1.82 bits per heavy atom. The second-order valence-corrected chi connectivity index (χ2v) is 8.02. The van der Waals surface area contributed by atoms with E-state index in [-0.39, 0.29) is 22.2 Å². The maximum atomic E-state index is 15.2. The molecule has 0 saturated heterocycles. The molecular weight excluding hydrogens is 417 g/mol. The van der Waals surface area contributed by atoms with Gasteiger partial charge in [0.25, 0.3) is 5.92 Å². The molecule has 1 saturated carbocycles. The van der Waals surface area contributed by atoms with E-state index in [1.54, 1.807) is 0 Å². The maximum absolute atomic E-state index is 15.2. The lowest BCUT2D eigenvalue weighted by Gasteiger charge is -2.31. The largest absolute Gasteiger partial charge is 0.489 e. The summed E-state index contributed by atoms with van der Waals surface area (Å²) in [5, 5.41) is 28.1. The Kier molecular flexibility index (Phi) is 8.30. The molecule has 0 amide bonds. The minimum Gasteiger partial charge on any atom is -0.489 e.